The molecule has 190 valence electrons. The SMILES string of the molecule is c1ccc(-n2c3ccccc3c3ccc(-c4cccc(-c5ccc6c7c(cccc57)-c5ccccc5-6)n4)cc32)cc1. The van der Waals surface area contributed by atoms with Crippen molar-refractivity contribution in [2.75, 3.05) is 0 Å². The maximum Gasteiger partial charge on any atom is 0.0715 e. The molecule has 8 aromatic rings. The van der Waals surface area contributed by atoms with Gasteiger partial charge in [0.15, 0.2) is 0 Å². The van der Waals surface area contributed by atoms with E-state index in [-0.39, 0.29) is 0 Å². The van der Waals surface area contributed by atoms with Crippen LogP contribution in [-0.4, -0.2) is 9.55 Å². The van der Waals surface area contributed by atoms with Crippen molar-refractivity contribution >= 4 is 32.6 Å². The molecule has 2 heteroatoms. The summed E-state index contributed by atoms with van der Waals surface area (Å²) in [6, 6.07) is 52.3. The van der Waals surface area contributed by atoms with Crippen LogP contribution < -0.4 is 0 Å². The van der Waals surface area contributed by atoms with E-state index in [1.165, 1.54) is 60.4 Å². The topological polar surface area (TPSA) is 17.8 Å². The van der Waals surface area contributed by atoms with Crippen molar-refractivity contribution in [3.63, 3.8) is 0 Å². The Balaban J connectivity index is 1.23. The Morgan fingerprint density at radius 3 is 1.90 bits per heavy atom. The summed E-state index contributed by atoms with van der Waals surface area (Å²) in [5.41, 5.74) is 13.0. The average Bonchev–Trinajstić information content (AvgIpc) is 3.55. The molecule has 2 heterocycles. The summed E-state index contributed by atoms with van der Waals surface area (Å²) in [7, 11) is 0. The van der Waals surface area contributed by atoms with Crippen LogP contribution in [-0.2, 0) is 0 Å². The summed E-state index contributed by atoms with van der Waals surface area (Å²) < 4.78 is 2.36. The molecule has 0 fully saturated rings. The molecule has 0 saturated carbocycles. The number of hydrogen-bond donors (Lipinski definition) is 0. The number of pyridine rings is 1. The van der Waals surface area contributed by atoms with Gasteiger partial charge in [-0.15, -0.1) is 0 Å². The summed E-state index contributed by atoms with van der Waals surface area (Å²) in [6.45, 7) is 0. The van der Waals surface area contributed by atoms with E-state index in [1.807, 2.05) is 0 Å². The van der Waals surface area contributed by atoms with E-state index in [2.05, 4.69) is 150 Å². The minimum absolute atomic E-state index is 0.973. The molecule has 0 atom stereocenters. The maximum atomic E-state index is 5.25. The number of para-hydroxylation sites is 2. The second kappa shape index (κ2) is 8.51. The highest BCUT2D eigenvalue weighted by Gasteiger charge is 2.22. The molecule has 0 amide bonds. The smallest absolute Gasteiger partial charge is 0.0715 e. The summed E-state index contributed by atoms with van der Waals surface area (Å²) >= 11 is 0. The van der Waals surface area contributed by atoms with Crippen LogP contribution in [0.25, 0.3) is 83.0 Å². The molecule has 0 radical (unpaired) electrons. The van der Waals surface area contributed by atoms with E-state index in [1.54, 1.807) is 0 Å². The fraction of sp³-hybridized carbons (Fsp3) is 0. The molecule has 9 rings (SSSR count). The number of aromatic nitrogens is 2. The molecular formula is C39H24N2. The monoisotopic (exact) mass is 520 g/mol. The second-order valence-electron chi connectivity index (χ2n) is 10.8. The van der Waals surface area contributed by atoms with Crippen molar-refractivity contribution in [1.82, 2.24) is 9.55 Å². The number of hydrogen-bond acceptors (Lipinski definition) is 1. The lowest BCUT2D eigenvalue weighted by atomic mass is 9.96. The normalized spacial score (nSPS) is 11.9. The molecule has 0 spiro atoms. The zero-order valence-electron chi connectivity index (χ0n) is 22.3. The van der Waals surface area contributed by atoms with E-state index in [0.29, 0.717) is 0 Å². The summed E-state index contributed by atoms with van der Waals surface area (Å²) in [5, 5.41) is 5.08. The first kappa shape index (κ1) is 22.4. The maximum absolute atomic E-state index is 5.25. The molecule has 41 heavy (non-hydrogen) atoms. The highest BCUT2D eigenvalue weighted by molar-refractivity contribution is 6.18. The summed E-state index contributed by atoms with van der Waals surface area (Å²) in [5.74, 6) is 0. The van der Waals surface area contributed by atoms with E-state index < -0.39 is 0 Å². The fourth-order valence-electron chi connectivity index (χ4n) is 6.76. The van der Waals surface area contributed by atoms with E-state index >= 15 is 0 Å². The molecule has 0 saturated heterocycles. The highest BCUT2D eigenvalue weighted by atomic mass is 15.0. The van der Waals surface area contributed by atoms with Crippen LogP contribution in [0.1, 0.15) is 0 Å². The van der Waals surface area contributed by atoms with Crippen molar-refractivity contribution in [2.45, 2.75) is 0 Å². The third kappa shape index (κ3) is 3.22. The predicted octanol–water partition coefficient (Wildman–Crippen LogP) is 10.3. The predicted molar refractivity (Wildman–Crippen MR) is 171 cm³/mol. The van der Waals surface area contributed by atoms with E-state index in [4.69, 9.17) is 4.98 Å². The van der Waals surface area contributed by atoms with Crippen LogP contribution in [0.2, 0.25) is 0 Å². The minimum atomic E-state index is 0.973. The Morgan fingerprint density at radius 1 is 0.390 bits per heavy atom. The van der Waals surface area contributed by atoms with Crippen LogP contribution in [0.3, 0.4) is 0 Å². The van der Waals surface area contributed by atoms with Gasteiger partial charge in [0.1, 0.15) is 0 Å². The van der Waals surface area contributed by atoms with Gasteiger partial charge in [-0.2, -0.15) is 0 Å². The van der Waals surface area contributed by atoms with Crippen LogP contribution >= 0.6 is 0 Å². The van der Waals surface area contributed by atoms with Crippen LogP contribution in [0.5, 0.6) is 0 Å². The molecule has 2 aromatic heterocycles. The van der Waals surface area contributed by atoms with Crippen molar-refractivity contribution < 1.29 is 0 Å². The molecule has 1 aliphatic rings. The van der Waals surface area contributed by atoms with Gasteiger partial charge in [0.25, 0.3) is 0 Å². The van der Waals surface area contributed by atoms with Gasteiger partial charge in [-0.3, -0.25) is 0 Å². The molecule has 1 aliphatic carbocycles. The van der Waals surface area contributed by atoms with Gasteiger partial charge in [0.05, 0.1) is 22.4 Å². The Hall–Kier alpha value is -5.47. The Bertz CT molecular complexity index is 2280. The molecule has 6 aromatic carbocycles. The lowest BCUT2D eigenvalue weighted by molar-refractivity contribution is 1.18. The molecular weight excluding hydrogens is 496 g/mol. The second-order valence-corrected chi connectivity index (χ2v) is 10.8. The van der Waals surface area contributed by atoms with E-state index in [9.17, 15) is 0 Å². The van der Waals surface area contributed by atoms with Gasteiger partial charge in [-0.1, -0.05) is 109 Å². The zero-order chi connectivity index (χ0) is 26.9. The summed E-state index contributed by atoms with van der Waals surface area (Å²) in [6.07, 6.45) is 0. The van der Waals surface area contributed by atoms with Crippen LogP contribution in [0.15, 0.2) is 146 Å². The Labute approximate surface area is 237 Å². The third-order valence-corrected chi connectivity index (χ3v) is 8.56. The quantitative estimate of drug-likeness (QED) is 0.227. The van der Waals surface area contributed by atoms with Gasteiger partial charge in [-0.05, 0) is 69.4 Å². The number of benzene rings is 6. The lowest BCUT2D eigenvalue weighted by Gasteiger charge is -2.11. The molecule has 0 aliphatic heterocycles. The van der Waals surface area contributed by atoms with Crippen molar-refractivity contribution in [1.29, 1.82) is 0 Å². The first-order chi connectivity index (χ1) is 20.3. The van der Waals surface area contributed by atoms with Gasteiger partial charge < -0.3 is 4.57 Å². The molecule has 2 nitrogen and oxygen atoms in total. The molecule has 0 unspecified atom stereocenters. The number of nitrogens with zero attached hydrogens (tertiary/aromatic N) is 2. The Kier molecular flexibility index (Phi) is 4.64. The standard InChI is InChI=1S/C39H24N2/c1-2-10-26(11-3-1)41-37-19-7-6-14-30(37)31-21-20-25(24-38(31)41)35-17-9-18-36(40-35)29-22-23-34-28-13-5-4-12-27(28)32-15-8-16-33(29)39(32)34/h1-24H. The van der Waals surface area contributed by atoms with Crippen molar-refractivity contribution in [2.24, 2.45) is 0 Å². The van der Waals surface area contributed by atoms with Crippen molar-refractivity contribution in [3.8, 4) is 50.5 Å². The number of fused-ring (bicyclic) bond motifs is 6. The average molecular weight is 521 g/mol. The lowest BCUT2D eigenvalue weighted by Crippen LogP contribution is -1.94. The third-order valence-electron chi connectivity index (χ3n) is 8.56. The van der Waals surface area contributed by atoms with Gasteiger partial charge >= 0.3 is 0 Å². The van der Waals surface area contributed by atoms with Gasteiger partial charge in [0.2, 0.25) is 0 Å². The first-order valence-corrected chi connectivity index (χ1v) is 14.1. The largest absolute Gasteiger partial charge is 0.309 e. The van der Waals surface area contributed by atoms with Crippen LogP contribution in [0.4, 0.5) is 0 Å². The zero-order valence-corrected chi connectivity index (χ0v) is 22.3. The number of rotatable bonds is 3. The van der Waals surface area contributed by atoms with Crippen LogP contribution in [0, 0.1) is 0 Å². The first-order valence-electron chi connectivity index (χ1n) is 14.1. The fourth-order valence-corrected chi connectivity index (χ4v) is 6.76. The molecule has 0 bridgehead atoms. The Morgan fingerprint density at radius 2 is 1.02 bits per heavy atom. The van der Waals surface area contributed by atoms with Gasteiger partial charge in [0, 0.05) is 27.6 Å². The molecule has 0 N–H and O–H groups in total. The van der Waals surface area contributed by atoms with Crippen molar-refractivity contribution in [3.05, 3.63) is 146 Å². The van der Waals surface area contributed by atoms with E-state index in [0.717, 1.165) is 22.6 Å². The minimum Gasteiger partial charge on any atom is -0.309 e. The summed E-state index contributed by atoms with van der Waals surface area (Å²) in [4.78, 5) is 5.25. The highest BCUT2D eigenvalue weighted by Crippen LogP contribution is 2.49. The van der Waals surface area contributed by atoms with Gasteiger partial charge in [-0.25, -0.2) is 4.98 Å².